The molecule has 0 heterocycles. The normalized spacial score (nSPS) is 10.0. The molecule has 0 aliphatic carbocycles. The summed E-state index contributed by atoms with van der Waals surface area (Å²) in [6.45, 7) is 6.41. The van der Waals surface area contributed by atoms with Gasteiger partial charge in [0.05, 0.1) is 0 Å². The minimum atomic E-state index is 0.603. The Bertz CT molecular complexity index is 143. The molecule has 0 aliphatic heterocycles. The summed E-state index contributed by atoms with van der Waals surface area (Å²) >= 11 is 0. The van der Waals surface area contributed by atoms with Crippen molar-refractivity contribution in [2.45, 2.75) is 27.2 Å². The van der Waals surface area contributed by atoms with E-state index in [1.807, 2.05) is 12.2 Å². The van der Waals surface area contributed by atoms with Crippen molar-refractivity contribution in [3.63, 3.8) is 0 Å². The van der Waals surface area contributed by atoms with Crippen LogP contribution < -0.4 is 0 Å². The van der Waals surface area contributed by atoms with Gasteiger partial charge in [-0.2, -0.15) is 0 Å². The first-order valence-electron chi connectivity index (χ1n) is 3.85. The third-order valence-corrected chi connectivity index (χ3v) is 0.994. The number of hydrogen-bond donors (Lipinski definition) is 0. The topological polar surface area (TPSA) is 0 Å². The summed E-state index contributed by atoms with van der Waals surface area (Å²) in [7, 11) is 0. The zero-order valence-corrected chi connectivity index (χ0v) is 7.09. The Morgan fingerprint density at radius 1 is 1.40 bits per heavy atom. The maximum atomic E-state index is 3.08. The second-order valence-electron chi connectivity index (χ2n) is 2.58. The van der Waals surface area contributed by atoms with Gasteiger partial charge in [0.2, 0.25) is 0 Å². The molecule has 0 heteroatoms. The number of hydrogen-bond acceptors (Lipinski definition) is 0. The third-order valence-electron chi connectivity index (χ3n) is 0.994. The van der Waals surface area contributed by atoms with Crippen LogP contribution >= 0.6 is 0 Å². The van der Waals surface area contributed by atoms with Gasteiger partial charge in [-0.15, -0.1) is 5.73 Å². The van der Waals surface area contributed by atoms with E-state index < -0.39 is 0 Å². The monoisotopic (exact) mass is 136 g/mol. The molecular formula is C10H16. The van der Waals surface area contributed by atoms with Crippen molar-refractivity contribution in [3.8, 4) is 0 Å². The lowest BCUT2D eigenvalue weighted by Gasteiger charge is -1.85. The van der Waals surface area contributed by atoms with E-state index in [1.54, 1.807) is 0 Å². The number of allylic oxidation sites excluding steroid dienone is 3. The fourth-order valence-corrected chi connectivity index (χ4v) is 0.508. The lowest BCUT2D eigenvalue weighted by Crippen LogP contribution is -1.72. The first kappa shape index (κ1) is 9.26. The van der Waals surface area contributed by atoms with Crippen molar-refractivity contribution in [1.29, 1.82) is 0 Å². The van der Waals surface area contributed by atoms with Gasteiger partial charge >= 0.3 is 0 Å². The summed E-state index contributed by atoms with van der Waals surface area (Å²) in [4.78, 5) is 0. The third kappa shape index (κ3) is 7.26. The summed E-state index contributed by atoms with van der Waals surface area (Å²) < 4.78 is 0. The Kier molecular flexibility index (Phi) is 5.91. The molecule has 0 nitrogen and oxygen atoms in total. The zero-order chi connectivity index (χ0) is 7.82. The Labute approximate surface area is 64.0 Å². The lowest BCUT2D eigenvalue weighted by atomic mass is 10.2. The van der Waals surface area contributed by atoms with Gasteiger partial charge in [-0.3, -0.25) is 0 Å². The summed E-state index contributed by atoms with van der Waals surface area (Å²) in [5.74, 6) is 0.603. The molecule has 0 saturated heterocycles. The first-order chi connectivity index (χ1) is 4.77. The van der Waals surface area contributed by atoms with Crippen LogP contribution in [-0.4, -0.2) is 0 Å². The molecule has 10 heavy (non-hydrogen) atoms. The van der Waals surface area contributed by atoms with Crippen molar-refractivity contribution in [1.82, 2.24) is 0 Å². The highest BCUT2D eigenvalue weighted by atomic mass is 13.8. The van der Waals surface area contributed by atoms with Crippen LogP contribution in [0, 0.1) is 5.92 Å². The highest BCUT2D eigenvalue weighted by molar-refractivity contribution is 5.02. The van der Waals surface area contributed by atoms with Crippen LogP contribution in [0.5, 0.6) is 0 Å². The molecule has 0 rings (SSSR count). The number of rotatable bonds is 3. The maximum absolute atomic E-state index is 3.08. The Balaban J connectivity index is 3.64. The minimum Gasteiger partial charge on any atom is -0.125 e. The SMILES string of the molecule is CCC=CC=C=CC(C)C. The van der Waals surface area contributed by atoms with Gasteiger partial charge in [0.15, 0.2) is 0 Å². The fourth-order valence-electron chi connectivity index (χ4n) is 0.508. The van der Waals surface area contributed by atoms with Gasteiger partial charge in [-0.1, -0.05) is 32.9 Å². The van der Waals surface area contributed by atoms with Crippen LogP contribution in [0.1, 0.15) is 27.2 Å². The van der Waals surface area contributed by atoms with E-state index in [4.69, 9.17) is 0 Å². The summed E-state index contributed by atoms with van der Waals surface area (Å²) in [5.41, 5.74) is 3.08. The predicted octanol–water partition coefficient (Wildman–Crippen LogP) is 3.32. The molecule has 0 aliphatic rings. The van der Waals surface area contributed by atoms with Crippen LogP contribution in [0.25, 0.3) is 0 Å². The molecule has 56 valence electrons. The highest BCUT2D eigenvalue weighted by Gasteiger charge is 1.77. The average molecular weight is 136 g/mol. The van der Waals surface area contributed by atoms with Crippen molar-refractivity contribution in [3.05, 3.63) is 30.0 Å². The first-order valence-corrected chi connectivity index (χ1v) is 3.85. The van der Waals surface area contributed by atoms with Crippen LogP contribution in [-0.2, 0) is 0 Å². The fraction of sp³-hybridized carbons (Fsp3) is 0.500. The van der Waals surface area contributed by atoms with E-state index in [-0.39, 0.29) is 0 Å². The van der Waals surface area contributed by atoms with Crippen molar-refractivity contribution < 1.29 is 0 Å². The second kappa shape index (κ2) is 6.38. The standard InChI is InChI=1S/C10H16/c1-4-5-6-7-8-9-10(2)3/h5-7,9-10H,4H2,1-3H3. The maximum Gasteiger partial charge on any atom is -0.0206 e. The molecule has 0 spiro atoms. The van der Waals surface area contributed by atoms with Gasteiger partial charge in [-0.05, 0) is 24.5 Å². The quantitative estimate of drug-likeness (QED) is 0.412. The zero-order valence-electron chi connectivity index (χ0n) is 7.09. The van der Waals surface area contributed by atoms with Crippen LogP contribution in [0.15, 0.2) is 30.0 Å². The Hall–Kier alpha value is -0.740. The average Bonchev–Trinajstić information content (AvgIpc) is 1.87. The molecule has 0 bridgehead atoms. The molecule has 0 aromatic rings. The van der Waals surface area contributed by atoms with Crippen molar-refractivity contribution >= 4 is 0 Å². The minimum absolute atomic E-state index is 0.603. The second-order valence-corrected chi connectivity index (χ2v) is 2.58. The van der Waals surface area contributed by atoms with E-state index >= 15 is 0 Å². The summed E-state index contributed by atoms with van der Waals surface area (Å²) in [6, 6.07) is 0. The van der Waals surface area contributed by atoms with Crippen molar-refractivity contribution in [2.75, 3.05) is 0 Å². The van der Waals surface area contributed by atoms with E-state index in [9.17, 15) is 0 Å². The van der Waals surface area contributed by atoms with Gasteiger partial charge in [0.25, 0.3) is 0 Å². The van der Waals surface area contributed by atoms with Gasteiger partial charge in [-0.25, -0.2) is 0 Å². The van der Waals surface area contributed by atoms with Crippen molar-refractivity contribution in [2.24, 2.45) is 5.92 Å². The largest absolute Gasteiger partial charge is 0.125 e. The molecule has 0 radical (unpaired) electrons. The van der Waals surface area contributed by atoms with Crippen LogP contribution in [0.2, 0.25) is 0 Å². The smallest absolute Gasteiger partial charge is 0.0206 e. The molecule has 0 aromatic heterocycles. The van der Waals surface area contributed by atoms with Crippen LogP contribution in [0.4, 0.5) is 0 Å². The molecule has 0 unspecified atom stereocenters. The Morgan fingerprint density at radius 2 is 2.10 bits per heavy atom. The molecule has 0 fully saturated rings. The van der Waals surface area contributed by atoms with E-state index in [2.05, 4.69) is 38.7 Å². The van der Waals surface area contributed by atoms with Gasteiger partial charge in [0, 0.05) is 0 Å². The van der Waals surface area contributed by atoms with Crippen LogP contribution in [0.3, 0.4) is 0 Å². The summed E-state index contributed by atoms with van der Waals surface area (Å²) in [5, 5.41) is 0. The Morgan fingerprint density at radius 3 is 2.60 bits per heavy atom. The molecule has 0 N–H and O–H groups in total. The predicted molar refractivity (Wildman–Crippen MR) is 46.9 cm³/mol. The van der Waals surface area contributed by atoms with E-state index in [1.165, 1.54) is 0 Å². The molecule has 0 aromatic carbocycles. The van der Waals surface area contributed by atoms with E-state index in [0.717, 1.165) is 6.42 Å². The molecule has 0 saturated carbocycles. The van der Waals surface area contributed by atoms with E-state index in [0.29, 0.717) is 5.92 Å². The van der Waals surface area contributed by atoms with Gasteiger partial charge in [0.1, 0.15) is 0 Å². The van der Waals surface area contributed by atoms with Gasteiger partial charge < -0.3 is 0 Å². The highest BCUT2D eigenvalue weighted by Crippen LogP contribution is 1.90. The molecular weight excluding hydrogens is 120 g/mol. The molecule has 0 amide bonds. The lowest BCUT2D eigenvalue weighted by molar-refractivity contribution is 0.833. The molecule has 0 atom stereocenters. The summed E-state index contributed by atoms with van der Waals surface area (Å²) in [6.07, 6.45) is 9.24.